The van der Waals surface area contributed by atoms with Crippen molar-refractivity contribution in [2.75, 3.05) is 20.1 Å². The predicted octanol–water partition coefficient (Wildman–Crippen LogP) is 5.12. The number of benzene rings is 1. The van der Waals surface area contributed by atoms with Crippen molar-refractivity contribution in [1.29, 1.82) is 0 Å². The van der Waals surface area contributed by atoms with Gasteiger partial charge in [-0.25, -0.2) is 4.79 Å². The fourth-order valence-electron chi connectivity index (χ4n) is 3.66. The Morgan fingerprint density at radius 2 is 1.83 bits per heavy atom. The first-order valence-corrected chi connectivity index (χ1v) is 10.5. The Bertz CT molecular complexity index is 716. The lowest BCUT2D eigenvalue weighted by Crippen LogP contribution is -2.50. The number of nitrogens with zero attached hydrogens (tertiary/aromatic N) is 1. The zero-order valence-corrected chi connectivity index (χ0v) is 18.8. The van der Waals surface area contributed by atoms with Crippen molar-refractivity contribution in [1.82, 2.24) is 4.90 Å². The van der Waals surface area contributed by atoms with Crippen LogP contribution in [0.3, 0.4) is 0 Å². The molecule has 7 heteroatoms. The number of ether oxygens (including phenoxy) is 3. The van der Waals surface area contributed by atoms with Gasteiger partial charge >= 0.3 is 6.09 Å². The van der Waals surface area contributed by atoms with Crippen molar-refractivity contribution in [3.63, 3.8) is 0 Å². The second-order valence-electron chi connectivity index (χ2n) is 8.30. The molecule has 0 aliphatic carbocycles. The van der Waals surface area contributed by atoms with E-state index in [4.69, 9.17) is 25.8 Å². The highest BCUT2D eigenvalue weighted by Gasteiger charge is 2.40. The molecule has 1 amide bonds. The molecular weight excluding hydrogens is 394 g/mol. The minimum Gasteiger partial charge on any atom is -0.493 e. The minimum atomic E-state index is -0.624. The van der Waals surface area contributed by atoms with Gasteiger partial charge in [0.05, 0.1) is 20.3 Å². The Kier molecular flexibility index (Phi) is 8.20. The lowest BCUT2D eigenvalue weighted by Gasteiger charge is -2.42. The van der Waals surface area contributed by atoms with E-state index in [1.807, 2.05) is 32.9 Å². The molecule has 1 unspecified atom stereocenters. The summed E-state index contributed by atoms with van der Waals surface area (Å²) < 4.78 is 16.4. The number of amides is 1. The molecule has 1 aromatic carbocycles. The largest absolute Gasteiger partial charge is 0.493 e. The highest BCUT2D eigenvalue weighted by molar-refractivity contribution is 6.17. The molecular formula is C22H32ClNO5. The molecule has 1 aliphatic rings. The van der Waals surface area contributed by atoms with Crippen LogP contribution in [-0.4, -0.2) is 48.5 Å². The molecule has 1 fully saturated rings. The molecule has 1 heterocycles. The monoisotopic (exact) mass is 425 g/mol. The maximum absolute atomic E-state index is 13.1. The molecule has 0 saturated carbocycles. The number of rotatable bonds is 7. The number of unbranched alkanes of at least 4 members (excludes halogenated alkanes) is 1. The number of methoxy groups -OCH3 is 2. The van der Waals surface area contributed by atoms with Crippen LogP contribution in [-0.2, 0) is 9.53 Å². The van der Waals surface area contributed by atoms with Crippen molar-refractivity contribution in [3.05, 3.63) is 23.8 Å². The van der Waals surface area contributed by atoms with Crippen LogP contribution in [0.15, 0.2) is 18.2 Å². The molecule has 0 aromatic heterocycles. The molecule has 0 radical (unpaired) electrons. The Balaban J connectivity index is 2.41. The normalized spacial score (nSPS) is 19.8. The molecule has 2 atom stereocenters. The number of hydrogen-bond donors (Lipinski definition) is 0. The van der Waals surface area contributed by atoms with Crippen molar-refractivity contribution >= 4 is 23.5 Å². The number of carbonyl (C=O) groups excluding carboxylic acids is 2. The van der Waals surface area contributed by atoms with Gasteiger partial charge in [-0.05, 0) is 51.3 Å². The van der Waals surface area contributed by atoms with E-state index in [-0.39, 0.29) is 18.2 Å². The Morgan fingerprint density at radius 3 is 2.41 bits per heavy atom. The van der Waals surface area contributed by atoms with Crippen LogP contribution in [0.4, 0.5) is 4.79 Å². The fraction of sp³-hybridized carbons (Fsp3) is 0.636. The third-order valence-electron chi connectivity index (χ3n) is 4.93. The topological polar surface area (TPSA) is 65.1 Å². The van der Waals surface area contributed by atoms with Crippen molar-refractivity contribution in [2.45, 2.75) is 70.6 Å². The van der Waals surface area contributed by atoms with E-state index in [9.17, 15) is 9.59 Å². The zero-order chi connectivity index (χ0) is 21.6. The number of hydrogen-bond acceptors (Lipinski definition) is 5. The SMILES string of the molecule is COc1ccc([C@@H]2CC(=O)CC(CCCCCl)N2C(=O)OC(C)(C)C)cc1OC. The van der Waals surface area contributed by atoms with E-state index < -0.39 is 17.7 Å². The van der Waals surface area contributed by atoms with E-state index in [0.29, 0.717) is 30.2 Å². The van der Waals surface area contributed by atoms with Gasteiger partial charge < -0.3 is 14.2 Å². The first-order valence-electron chi connectivity index (χ1n) is 10.0. The predicted molar refractivity (Wildman–Crippen MR) is 113 cm³/mol. The van der Waals surface area contributed by atoms with Crippen LogP contribution in [0.2, 0.25) is 0 Å². The van der Waals surface area contributed by atoms with E-state index in [0.717, 1.165) is 18.4 Å². The highest BCUT2D eigenvalue weighted by atomic mass is 35.5. The van der Waals surface area contributed by atoms with Crippen LogP contribution in [0, 0.1) is 0 Å². The highest BCUT2D eigenvalue weighted by Crippen LogP contribution is 2.39. The summed E-state index contributed by atoms with van der Waals surface area (Å²) in [6.07, 6.45) is 2.59. The van der Waals surface area contributed by atoms with E-state index in [1.165, 1.54) is 0 Å². The summed E-state index contributed by atoms with van der Waals surface area (Å²) in [6, 6.07) is 4.87. The van der Waals surface area contributed by atoms with Crippen LogP contribution in [0.25, 0.3) is 0 Å². The quantitative estimate of drug-likeness (QED) is 0.448. The van der Waals surface area contributed by atoms with Crippen LogP contribution in [0.5, 0.6) is 11.5 Å². The first-order chi connectivity index (χ1) is 13.7. The number of Topliss-reactive ketones (excluding diaryl/α,β-unsaturated/α-hetero) is 1. The second kappa shape index (κ2) is 10.2. The van der Waals surface area contributed by atoms with Crippen molar-refractivity contribution in [3.8, 4) is 11.5 Å². The molecule has 162 valence electrons. The molecule has 1 aliphatic heterocycles. The number of halogens is 1. The second-order valence-corrected chi connectivity index (χ2v) is 8.68. The molecule has 1 saturated heterocycles. The van der Waals surface area contributed by atoms with Gasteiger partial charge in [-0.15, -0.1) is 11.6 Å². The number of piperidine rings is 1. The Labute approximate surface area is 178 Å². The summed E-state index contributed by atoms with van der Waals surface area (Å²) in [5, 5.41) is 0. The van der Waals surface area contributed by atoms with E-state index in [1.54, 1.807) is 25.2 Å². The van der Waals surface area contributed by atoms with Crippen LogP contribution >= 0.6 is 11.6 Å². The van der Waals surface area contributed by atoms with Gasteiger partial charge in [-0.2, -0.15) is 0 Å². The van der Waals surface area contributed by atoms with Gasteiger partial charge in [0.1, 0.15) is 11.4 Å². The minimum absolute atomic E-state index is 0.139. The van der Waals surface area contributed by atoms with Crippen molar-refractivity contribution in [2.24, 2.45) is 0 Å². The summed E-state index contributed by atoms with van der Waals surface area (Å²) in [5.41, 5.74) is 0.199. The average Bonchev–Trinajstić information content (AvgIpc) is 2.65. The summed E-state index contributed by atoms with van der Waals surface area (Å²) >= 11 is 5.82. The Morgan fingerprint density at radius 1 is 1.14 bits per heavy atom. The van der Waals surface area contributed by atoms with E-state index in [2.05, 4.69) is 0 Å². The molecule has 29 heavy (non-hydrogen) atoms. The number of alkyl halides is 1. The van der Waals surface area contributed by atoms with Gasteiger partial charge in [-0.3, -0.25) is 9.69 Å². The molecule has 0 spiro atoms. The van der Waals surface area contributed by atoms with Crippen LogP contribution < -0.4 is 9.47 Å². The Hall–Kier alpha value is -1.95. The van der Waals surface area contributed by atoms with Gasteiger partial charge in [-0.1, -0.05) is 12.5 Å². The van der Waals surface area contributed by atoms with E-state index >= 15 is 0 Å². The molecule has 6 nitrogen and oxygen atoms in total. The third-order valence-corrected chi connectivity index (χ3v) is 5.20. The number of carbonyl (C=O) groups is 2. The molecule has 0 bridgehead atoms. The standard InChI is InChI=1S/C22H32ClNO5/c1-22(2,3)29-21(26)24-16(8-6-7-11-23)13-17(25)14-18(24)15-9-10-19(27-4)20(12-15)28-5/h9-10,12,16,18H,6-8,11,13-14H2,1-5H3/t16?,18-/m0/s1. The average molecular weight is 426 g/mol. The van der Waals surface area contributed by atoms with Gasteiger partial charge in [0.15, 0.2) is 11.5 Å². The smallest absolute Gasteiger partial charge is 0.411 e. The first kappa shape index (κ1) is 23.3. The zero-order valence-electron chi connectivity index (χ0n) is 18.0. The maximum Gasteiger partial charge on any atom is 0.411 e. The summed E-state index contributed by atoms with van der Waals surface area (Å²) in [5.74, 6) is 1.86. The lowest BCUT2D eigenvalue weighted by molar-refractivity contribution is -0.125. The summed E-state index contributed by atoms with van der Waals surface area (Å²) in [6.45, 7) is 5.52. The van der Waals surface area contributed by atoms with Crippen LogP contribution in [0.1, 0.15) is 64.5 Å². The maximum atomic E-state index is 13.1. The molecule has 0 N–H and O–H groups in total. The van der Waals surface area contributed by atoms with Gasteiger partial charge in [0, 0.05) is 24.8 Å². The third kappa shape index (κ3) is 6.26. The summed E-state index contributed by atoms with van der Waals surface area (Å²) in [7, 11) is 3.13. The molecule has 2 rings (SSSR count). The molecule has 1 aromatic rings. The summed E-state index contributed by atoms with van der Waals surface area (Å²) in [4.78, 5) is 27.4. The number of likely N-dealkylation sites (tertiary alicyclic amines) is 1. The lowest BCUT2D eigenvalue weighted by atomic mass is 9.88. The van der Waals surface area contributed by atoms with Crippen molar-refractivity contribution < 1.29 is 23.8 Å². The fourth-order valence-corrected chi connectivity index (χ4v) is 3.85. The number of ketones is 1. The van der Waals surface area contributed by atoms with Gasteiger partial charge in [0.2, 0.25) is 0 Å². The van der Waals surface area contributed by atoms with Gasteiger partial charge in [0.25, 0.3) is 0 Å².